The Morgan fingerprint density at radius 1 is 1.21 bits per heavy atom. The molecule has 0 radical (unpaired) electrons. The standard InChI is InChI=1S/C13H19N5O5S/c1-7(2)10-14-11(23-15-10)8(3)16-24(21,22)9-6-17(4)13(20)18(5)12(9)19/h6-8,16H,1-5H3/t8-/m1/s1. The Kier molecular flexibility index (Phi) is 4.76. The van der Waals surface area contributed by atoms with Gasteiger partial charge in [0.15, 0.2) is 10.7 Å². The Bertz CT molecular complexity index is 969. The summed E-state index contributed by atoms with van der Waals surface area (Å²) in [5.41, 5.74) is -1.53. The third-order valence-electron chi connectivity index (χ3n) is 3.38. The lowest BCUT2D eigenvalue weighted by atomic mass is 10.2. The number of nitrogens with zero attached hydrogens (tertiary/aromatic N) is 4. The first-order chi connectivity index (χ1) is 11.0. The maximum atomic E-state index is 12.5. The monoisotopic (exact) mass is 357 g/mol. The van der Waals surface area contributed by atoms with Gasteiger partial charge in [-0.05, 0) is 6.92 Å². The van der Waals surface area contributed by atoms with Crippen LogP contribution in [-0.2, 0) is 24.1 Å². The minimum Gasteiger partial charge on any atom is -0.338 e. The minimum absolute atomic E-state index is 0.0299. The van der Waals surface area contributed by atoms with Crippen molar-refractivity contribution in [3.63, 3.8) is 0 Å². The molecule has 0 fully saturated rings. The molecule has 2 rings (SSSR count). The number of aryl methyl sites for hydroxylation is 1. The van der Waals surface area contributed by atoms with Gasteiger partial charge in [-0.15, -0.1) is 0 Å². The van der Waals surface area contributed by atoms with E-state index in [0.717, 1.165) is 15.3 Å². The van der Waals surface area contributed by atoms with E-state index in [1.165, 1.54) is 21.0 Å². The van der Waals surface area contributed by atoms with Crippen LogP contribution in [0.5, 0.6) is 0 Å². The Morgan fingerprint density at radius 3 is 2.38 bits per heavy atom. The number of sulfonamides is 1. The molecule has 0 aromatic carbocycles. The van der Waals surface area contributed by atoms with Crippen LogP contribution in [0.3, 0.4) is 0 Å². The second-order valence-corrected chi connectivity index (χ2v) is 7.42. The average molecular weight is 357 g/mol. The molecule has 10 nitrogen and oxygen atoms in total. The van der Waals surface area contributed by atoms with Crippen LogP contribution in [0.1, 0.15) is 44.4 Å². The van der Waals surface area contributed by atoms with Crippen molar-refractivity contribution < 1.29 is 12.9 Å². The zero-order valence-electron chi connectivity index (χ0n) is 14.0. The number of hydrogen-bond donors (Lipinski definition) is 1. The molecular weight excluding hydrogens is 338 g/mol. The van der Waals surface area contributed by atoms with Crippen molar-refractivity contribution in [2.75, 3.05) is 0 Å². The Hall–Kier alpha value is -2.27. The van der Waals surface area contributed by atoms with Crippen LogP contribution in [0.4, 0.5) is 0 Å². The molecule has 1 atom stereocenters. The van der Waals surface area contributed by atoms with Gasteiger partial charge >= 0.3 is 5.69 Å². The van der Waals surface area contributed by atoms with Crippen LogP contribution in [-0.4, -0.2) is 27.7 Å². The molecule has 2 aromatic heterocycles. The first-order valence-corrected chi connectivity index (χ1v) is 8.65. The molecule has 0 saturated heterocycles. The molecule has 24 heavy (non-hydrogen) atoms. The lowest BCUT2D eigenvalue weighted by Gasteiger charge is -2.11. The lowest BCUT2D eigenvalue weighted by Crippen LogP contribution is -2.41. The highest BCUT2D eigenvalue weighted by Gasteiger charge is 2.26. The highest BCUT2D eigenvalue weighted by Crippen LogP contribution is 2.16. The summed E-state index contributed by atoms with van der Waals surface area (Å²) in [7, 11) is -1.62. The van der Waals surface area contributed by atoms with Crippen molar-refractivity contribution in [1.82, 2.24) is 24.0 Å². The number of hydrogen-bond acceptors (Lipinski definition) is 7. The van der Waals surface area contributed by atoms with Gasteiger partial charge < -0.3 is 9.09 Å². The summed E-state index contributed by atoms with van der Waals surface area (Å²) in [6.07, 6.45) is 0.979. The summed E-state index contributed by atoms with van der Waals surface area (Å²) < 4.78 is 34.0. The van der Waals surface area contributed by atoms with E-state index in [0.29, 0.717) is 5.82 Å². The van der Waals surface area contributed by atoms with Crippen LogP contribution in [0.25, 0.3) is 0 Å². The Morgan fingerprint density at radius 2 is 1.83 bits per heavy atom. The van der Waals surface area contributed by atoms with Crippen LogP contribution < -0.4 is 16.0 Å². The SMILES string of the molecule is CC(C)c1noc([C@@H](C)NS(=O)(=O)c2cn(C)c(=O)n(C)c2=O)n1. The van der Waals surface area contributed by atoms with Gasteiger partial charge in [-0.1, -0.05) is 19.0 Å². The average Bonchev–Trinajstić information content (AvgIpc) is 2.98. The fourth-order valence-electron chi connectivity index (χ4n) is 1.96. The normalized spacial score (nSPS) is 13.4. The fourth-order valence-corrected chi connectivity index (χ4v) is 3.32. The second-order valence-electron chi connectivity index (χ2n) is 5.74. The molecule has 11 heteroatoms. The molecule has 0 bridgehead atoms. The topological polar surface area (TPSA) is 129 Å². The van der Waals surface area contributed by atoms with E-state index in [1.54, 1.807) is 0 Å². The molecule has 0 aliphatic carbocycles. The molecule has 0 spiro atoms. The molecule has 1 N–H and O–H groups in total. The van der Waals surface area contributed by atoms with E-state index in [4.69, 9.17) is 4.52 Å². The molecular formula is C13H19N5O5S. The zero-order chi connectivity index (χ0) is 18.2. The summed E-state index contributed by atoms with van der Waals surface area (Å²) in [6, 6.07) is -0.836. The summed E-state index contributed by atoms with van der Waals surface area (Å²) >= 11 is 0. The highest BCUT2D eigenvalue weighted by atomic mass is 32.2. The van der Waals surface area contributed by atoms with E-state index in [2.05, 4.69) is 14.9 Å². The number of aromatic nitrogens is 4. The summed E-state index contributed by atoms with van der Waals surface area (Å²) in [5, 5.41) is 3.76. The van der Waals surface area contributed by atoms with Crippen molar-refractivity contribution in [3.05, 3.63) is 38.8 Å². The van der Waals surface area contributed by atoms with E-state index < -0.39 is 32.2 Å². The van der Waals surface area contributed by atoms with Gasteiger partial charge in [-0.25, -0.2) is 13.2 Å². The van der Waals surface area contributed by atoms with Crippen molar-refractivity contribution in [1.29, 1.82) is 0 Å². The van der Waals surface area contributed by atoms with Gasteiger partial charge in [0.1, 0.15) is 0 Å². The zero-order valence-corrected chi connectivity index (χ0v) is 14.8. The molecule has 0 aliphatic heterocycles. The third-order valence-corrected chi connectivity index (χ3v) is 4.90. The predicted octanol–water partition coefficient (Wildman–Crippen LogP) is -0.370. The highest BCUT2D eigenvalue weighted by molar-refractivity contribution is 7.89. The summed E-state index contributed by atoms with van der Waals surface area (Å²) in [5.74, 6) is 0.570. The second kappa shape index (κ2) is 6.32. The molecule has 0 saturated carbocycles. The smallest absolute Gasteiger partial charge is 0.330 e. The van der Waals surface area contributed by atoms with Crippen molar-refractivity contribution in [2.24, 2.45) is 14.1 Å². The van der Waals surface area contributed by atoms with Gasteiger partial charge in [0.25, 0.3) is 5.56 Å². The van der Waals surface area contributed by atoms with Crippen LogP contribution in [0, 0.1) is 0 Å². The van der Waals surface area contributed by atoms with E-state index in [9.17, 15) is 18.0 Å². The van der Waals surface area contributed by atoms with E-state index in [1.807, 2.05) is 13.8 Å². The molecule has 2 heterocycles. The summed E-state index contributed by atoms with van der Waals surface area (Å²) in [6.45, 7) is 5.26. The molecule has 2 aromatic rings. The van der Waals surface area contributed by atoms with E-state index in [-0.39, 0.29) is 11.8 Å². The molecule has 132 valence electrons. The molecule has 0 aliphatic rings. The Labute approximate surface area is 138 Å². The van der Waals surface area contributed by atoms with Crippen LogP contribution >= 0.6 is 0 Å². The minimum atomic E-state index is -4.18. The van der Waals surface area contributed by atoms with Gasteiger partial charge in [0, 0.05) is 26.2 Å². The summed E-state index contributed by atoms with van der Waals surface area (Å²) in [4.78, 5) is 27.3. The van der Waals surface area contributed by atoms with E-state index >= 15 is 0 Å². The van der Waals surface area contributed by atoms with Crippen LogP contribution in [0.15, 0.2) is 25.2 Å². The van der Waals surface area contributed by atoms with Gasteiger partial charge in [-0.2, -0.15) is 9.71 Å². The molecule has 0 unspecified atom stereocenters. The maximum Gasteiger partial charge on any atom is 0.330 e. The number of rotatable bonds is 5. The fraction of sp³-hybridized carbons (Fsp3) is 0.538. The maximum absolute atomic E-state index is 12.5. The largest absolute Gasteiger partial charge is 0.338 e. The third kappa shape index (κ3) is 3.31. The van der Waals surface area contributed by atoms with Crippen molar-refractivity contribution in [3.8, 4) is 0 Å². The molecule has 0 amide bonds. The van der Waals surface area contributed by atoms with Gasteiger partial charge in [-0.3, -0.25) is 9.36 Å². The van der Waals surface area contributed by atoms with Crippen molar-refractivity contribution >= 4 is 10.0 Å². The quantitative estimate of drug-likeness (QED) is 0.773. The first-order valence-electron chi connectivity index (χ1n) is 7.17. The predicted molar refractivity (Wildman–Crippen MR) is 84.0 cm³/mol. The van der Waals surface area contributed by atoms with Crippen molar-refractivity contribution in [2.45, 2.75) is 37.6 Å². The number of nitrogens with one attached hydrogen (secondary N) is 1. The van der Waals surface area contributed by atoms with Gasteiger partial charge in [0.2, 0.25) is 15.9 Å². The first kappa shape index (κ1) is 18.1. The van der Waals surface area contributed by atoms with Crippen LogP contribution in [0.2, 0.25) is 0 Å². The van der Waals surface area contributed by atoms with Gasteiger partial charge in [0.05, 0.1) is 6.04 Å². The lowest BCUT2D eigenvalue weighted by molar-refractivity contribution is 0.348. The Balaban J connectivity index is 2.38.